The molecule has 0 radical (unpaired) electrons. The van der Waals surface area contributed by atoms with Gasteiger partial charge in [0.1, 0.15) is 0 Å². The van der Waals surface area contributed by atoms with Crippen LogP contribution in [0.1, 0.15) is 45.4 Å². The fourth-order valence-electron chi connectivity index (χ4n) is 2.91. The van der Waals surface area contributed by atoms with Gasteiger partial charge in [-0.3, -0.25) is 0 Å². The van der Waals surface area contributed by atoms with E-state index in [1.54, 1.807) is 0 Å². The van der Waals surface area contributed by atoms with Crippen molar-refractivity contribution >= 4 is 0 Å². The Balaban J connectivity index is 1.57. The van der Waals surface area contributed by atoms with Gasteiger partial charge in [0, 0.05) is 25.7 Å². The third kappa shape index (κ3) is 4.57. The summed E-state index contributed by atoms with van der Waals surface area (Å²) in [6, 6.07) is 0.738. The van der Waals surface area contributed by atoms with E-state index in [4.69, 9.17) is 4.74 Å². The zero-order chi connectivity index (χ0) is 11.9. The number of hydrogen-bond acceptors (Lipinski definition) is 3. The van der Waals surface area contributed by atoms with Crippen LogP contribution in [0.4, 0.5) is 0 Å². The normalized spacial score (nSPS) is 30.9. The summed E-state index contributed by atoms with van der Waals surface area (Å²) in [6.07, 6.45) is 8.27. The summed E-state index contributed by atoms with van der Waals surface area (Å²) in [4.78, 5) is 2.60. The van der Waals surface area contributed by atoms with Crippen molar-refractivity contribution in [3.63, 3.8) is 0 Å². The number of hydrogen-bond donors (Lipinski definition) is 1. The lowest BCUT2D eigenvalue weighted by atomic mass is 10.1. The second kappa shape index (κ2) is 7.34. The van der Waals surface area contributed by atoms with Gasteiger partial charge in [-0.1, -0.05) is 6.92 Å². The number of nitrogens with one attached hydrogen (secondary N) is 1. The molecule has 0 aromatic carbocycles. The number of rotatable bonds is 6. The van der Waals surface area contributed by atoms with Crippen LogP contribution in [0.3, 0.4) is 0 Å². The van der Waals surface area contributed by atoms with Crippen molar-refractivity contribution in [3.8, 4) is 0 Å². The average molecular weight is 240 g/mol. The molecule has 17 heavy (non-hydrogen) atoms. The van der Waals surface area contributed by atoms with Crippen molar-refractivity contribution in [3.05, 3.63) is 0 Å². The predicted molar refractivity (Wildman–Crippen MR) is 71.3 cm³/mol. The molecule has 2 unspecified atom stereocenters. The van der Waals surface area contributed by atoms with Gasteiger partial charge in [0.15, 0.2) is 0 Å². The van der Waals surface area contributed by atoms with Crippen molar-refractivity contribution in [1.29, 1.82) is 0 Å². The molecule has 0 amide bonds. The average Bonchev–Trinajstić information content (AvgIpc) is 2.83. The highest BCUT2D eigenvalue weighted by Crippen LogP contribution is 2.17. The Hall–Kier alpha value is -0.120. The summed E-state index contributed by atoms with van der Waals surface area (Å²) in [5.74, 6) is 0. The van der Waals surface area contributed by atoms with Gasteiger partial charge >= 0.3 is 0 Å². The maximum Gasteiger partial charge on any atom is 0.0587 e. The van der Waals surface area contributed by atoms with Gasteiger partial charge in [-0.15, -0.1) is 0 Å². The molecule has 3 nitrogen and oxygen atoms in total. The van der Waals surface area contributed by atoms with Crippen LogP contribution in [0.2, 0.25) is 0 Å². The Morgan fingerprint density at radius 2 is 2.24 bits per heavy atom. The predicted octanol–water partition coefficient (Wildman–Crippen LogP) is 2.02. The first-order chi connectivity index (χ1) is 8.38. The molecule has 0 saturated carbocycles. The lowest BCUT2D eigenvalue weighted by Crippen LogP contribution is -2.34. The third-order valence-electron chi connectivity index (χ3n) is 4.00. The quantitative estimate of drug-likeness (QED) is 0.769. The molecular formula is C14H28N2O. The molecule has 2 fully saturated rings. The van der Waals surface area contributed by atoms with E-state index in [9.17, 15) is 0 Å². The molecule has 2 aliphatic rings. The van der Waals surface area contributed by atoms with Gasteiger partial charge in [-0.25, -0.2) is 0 Å². The van der Waals surface area contributed by atoms with Crippen LogP contribution >= 0.6 is 0 Å². The van der Waals surface area contributed by atoms with E-state index in [-0.39, 0.29) is 0 Å². The van der Waals surface area contributed by atoms with Crippen LogP contribution in [-0.4, -0.2) is 49.8 Å². The van der Waals surface area contributed by atoms with E-state index in [0.29, 0.717) is 6.10 Å². The zero-order valence-corrected chi connectivity index (χ0v) is 11.3. The fourth-order valence-corrected chi connectivity index (χ4v) is 2.91. The first-order valence-corrected chi connectivity index (χ1v) is 7.46. The fraction of sp³-hybridized carbons (Fsp3) is 1.00. The molecule has 0 bridgehead atoms. The molecule has 0 spiro atoms. The monoisotopic (exact) mass is 240 g/mol. The van der Waals surface area contributed by atoms with E-state index in [1.165, 1.54) is 64.7 Å². The van der Waals surface area contributed by atoms with E-state index >= 15 is 0 Å². The first kappa shape index (κ1) is 13.3. The summed E-state index contributed by atoms with van der Waals surface area (Å²) < 4.78 is 5.79. The van der Waals surface area contributed by atoms with Gasteiger partial charge in [0.05, 0.1) is 6.10 Å². The largest absolute Gasteiger partial charge is 0.378 e. The van der Waals surface area contributed by atoms with Crippen molar-refractivity contribution in [2.75, 3.05) is 32.8 Å². The highest BCUT2D eigenvalue weighted by molar-refractivity contribution is 4.81. The van der Waals surface area contributed by atoms with Crippen LogP contribution in [-0.2, 0) is 4.74 Å². The SMILES string of the molecule is CCCNC1CCN(CCC2CCCCO2)C1. The van der Waals surface area contributed by atoms with E-state index in [2.05, 4.69) is 17.1 Å². The molecule has 2 atom stereocenters. The lowest BCUT2D eigenvalue weighted by Gasteiger charge is -2.25. The molecular weight excluding hydrogens is 212 g/mol. The highest BCUT2D eigenvalue weighted by atomic mass is 16.5. The Kier molecular flexibility index (Phi) is 5.75. The summed E-state index contributed by atoms with van der Waals surface area (Å²) in [6.45, 7) is 8.14. The molecule has 100 valence electrons. The van der Waals surface area contributed by atoms with Gasteiger partial charge in [-0.2, -0.15) is 0 Å². The second-order valence-electron chi connectivity index (χ2n) is 5.52. The summed E-state index contributed by atoms with van der Waals surface area (Å²) in [7, 11) is 0. The van der Waals surface area contributed by atoms with Gasteiger partial charge < -0.3 is 15.0 Å². The maximum atomic E-state index is 5.79. The minimum Gasteiger partial charge on any atom is -0.378 e. The lowest BCUT2D eigenvalue weighted by molar-refractivity contribution is 0.00656. The number of nitrogens with zero attached hydrogens (tertiary/aromatic N) is 1. The summed E-state index contributed by atoms with van der Waals surface area (Å²) in [5, 5.41) is 3.63. The minimum atomic E-state index is 0.548. The van der Waals surface area contributed by atoms with Crippen molar-refractivity contribution in [2.45, 2.75) is 57.6 Å². The third-order valence-corrected chi connectivity index (χ3v) is 4.00. The summed E-state index contributed by atoms with van der Waals surface area (Å²) in [5.41, 5.74) is 0. The Bertz CT molecular complexity index is 204. The van der Waals surface area contributed by atoms with Gasteiger partial charge in [-0.05, 0) is 51.6 Å². The van der Waals surface area contributed by atoms with Crippen LogP contribution in [0.15, 0.2) is 0 Å². The van der Waals surface area contributed by atoms with Crippen molar-refractivity contribution < 1.29 is 4.74 Å². The topological polar surface area (TPSA) is 24.5 Å². The number of likely N-dealkylation sites (tertiary alicyclic amines) is 1. The molecule has 2 saturated heterocycles. The van der Waals surface area contributed by atoms with Crippen LogP contribution in [0.5, 0.6) is 0 Å². The van der Waals surface area contributed by atoms with Gasteiger partial charge in [0.25, 0.3) is 0 Å². The second-order valence-corrected chi connectivity index (χ2v) is 5.52. The molecule has 3 heteroatoms. The Labute approximate surface area is 106 Å². The molecule has 2 heterocycles. The van der Waals surface area contributed by atoms with Crippen molar-refractivity contribution in [1.82, 2.24) is 10.2 Å². The standard InChI is InChI=1S/C14H28N2O/c1-2-8-15-13-6-9-16(12-13)10-7-14-5-3-4-11-17-14/h13-15H,2-12H2,1H3. The Morgan fingerprint density at radius 3 is 3.00 bits per heavy atom. The minimum absolute atomic E-state index is 0.548. The smallest absolute Gasteiger partial charge is 0.0587 e. The van der Waals surface area contributed by atoms with E-state index in [1.807, 2.05) is 0 Å². The van der Waals surface area contributed by atoms with Crippen LogP contribution in [0, 0.1) is 0 Å². The molecule has 0 aromatic heterocycles. The summed E-state index contributed by atoms with van der Waals surface area (Å²) >= 11 is 0. The first-order valence-electron chi connectivity index (χ1n) is 7.46. The maximum absolute atomic E-state index is 5.79. The van der Waals surface area contributed by atoms with E-state index < -0.39 is 0 Å². The molecule has 1 N–H and O–H groups in total. The molecule has 0 aromatic rings. The number of ether oxygens (including phenoxy) is 1. The van der Waals surface area contributed by atoms with Crippen molar-refractivity contribution in [2.24, 2.45) is 0 Å². The highest BCUT2D eigenvalue weighted by Gasteiger charge is 2.22. The van der Waals surface area contributed by atoms with E-state index in [0.717, 1.165) is 12.6 Å². The Morgan fingerprint density at radius 1 is 1.29 bits per heavy atom. The molecule has 0 aliphatic carbocycles. The molecule has 2 aliphatic heterocycles. The van der Waals surface area contributed by atoms with Gasteiger partial charge in [0.2, 0.25) is 0 Å². The van der Waals surface area contributed by atoms with Crippen LogP contribution < -0.4 is 5.32 Å². The van der Waals surface area contributed by atoms with Crippen LogP contribution in [0.25, 0.3) is 0 Å². The zero-order valence-electron chi connectivity index (χ0n) is 11.3. The molecule has 2 rings (SSSR count).